The lowest BCUT2D eigenvalue weighted by molar-refractivity contribution is -0.133. The van der Waals surface area contributed by atoms with Crippen LogP contribution in [0.3, 0.4) is 0 Å². The van der Waals surface area contributed by atoms with Crippen molar-refractivity contribution in [3.63, 3.8) is 0 Å². The van der Waals surface area contributed by atoms with Gasteiger partial charge in [0.2, 0.25) is 5.91 Å². The summed E-state index contributed by atoms with van der Waals surface area (Å²) in [6.45, 7) is 10.7. The summed E-state index contributed by atoms with van der Waals surface area (Å²) in [5.41, 5.74) is 4.29. The van der Waals surface area contributed by atoms with Crippen LogP contribution in [0.5, 0.6) is 0 Å². The first-order valence-corrected chi connectivity index (χ1v) is 11.3. The SMILES string of the molecule is CC(C)C(=O)N1CC2CCC=C(c3ccc(CCN4CCCC4C)cc3)C2C1. The van der Waals surface area contributed by atoms with Crippen molar-refractivity contribution in [2.75, 3.05) is 26.2 Å². The summed E-state index contributed by atoms with van der Waals surface area (Å²) in [6.07, 6.45) is 8.66. The Hall–Kier alpha value is -1.61. The summed E-state index contributed by atoms with van der Waals surface area (Å²) in [7, 11) is 0. The topological polar surface area (TPSA) is 23.6 Å². The first kappa shape index (κ1) is 19.7. The fraction of sp³-hybridized carbons (Fsp3) is 0.640. The molecule has 0 aromatic heterocycles. The maximum absolute atomic E-state index is 12.5. The number of rotatable bonds is 5. The van der Waals surface area contributed by atoms with E-state index in [1.165, 1.54) is 49.1 Å². The fourth-order valence-corrected chi connectivity index (χ4v) is 5.46. The van der Waals surface area contributed by atoms with Crippen molar-refractivity contribution < 1.29 is 4.79 Å². The molecule has 28 heavy (non-hydrogen) atoms. The Bertz CT molecular complexity index is 721. The second-order valence-corrected chi connectivity index (χ2v) is 9.48. The first-order chi connectivity index (χ1) is 13.5. The highest BCUT2D eigenvalue weighted by Crippen LogP contribution is 2.41. The Kier molecular flexibility index (Phi) is 5.91. The number of allylic oxidation sites excluding steroid dienone is 1. The Balaban J connectivity index is 1.41. The number of hydrogen-bond donors (Lipinski definition) is 0. The minimum Gasteiger partial charge on any atom is -0.342 e. The smallest absolute Gasteiger partial charge is 0.225 e. The van der Waals surface area contributed by atoms with Gasteiger partial charge >= 0.3 is 0 Å². The maximum atomic E-state index is 12.5. The zero-order chi connectivity index (χ0) is 19.7. The van der Waals surface area contributed by atoms with Gasteiger partial charge in [-0.1, -0.05) is 44.2 Å². The second-order valence-electron chi connectivity index (χ2n) is 9.48. The summed E-state index contributed by atoms with van der Waals surface area (Å²) in [4.78, 5) is 17.2. The molecule has 3 atom stereocenters. The van der Waals surface area contributed by atoms with Crippen molar-refractivity contribution in [1.82, 2.24) is 9.80 Å². The standard InChI is InChI=1S/C25H36N2O/c1-18(2)25(28)27-16-22-7-4-8-23(24(22)17-27)21-11-9-20(10-12-21)13-15-26-14-5-6-19(26)3/h8-12,18-19,22,24H,4-7,13-17H2,1-3H3. The van der Waals surface area contributed by atoms with Gasteiger partial charge in [-0.05, 0) is 68.2 Å². The van der Waals surface area contributed by atoms with Gasteiger partial charge in [0.05, 0.1) is 0 Å². The van der Waals surface area contributed by atoms with E-state index < -0.39 is 0 Å². The van der Waals surface area contributed by atoms with Gasteiger partial charge in [0.1, 0.15) is 0 Å². The lowest BCUT2D eigenvalue weighted by atomic mass is 9.78. The number of hydrogen-bond acceptors (Lipinski definition) is 2. The zero-order valence-electron chi connectivity index (χ0n) is 17.9. The van der Waals surface area contributed by atoms with Gasteiger partial charge in [0.15, 0.2) is 0 Å². The molecule has 3 heteroatoms. The van der Waals surface area contributed by atoms with Crippen molar-refractivity contribution >= 4 is 11.5 Å². The van der Waals surface area contributed by atoms with Crippen molar-refractivity contribution in [3.05, 3.63) is 41.5 Å². The Morgan fingerprint density at radius 3 is 2.61 bits per heavy atom. The lowest BCUT2D eigenvalue weighted by Gasteiger charge is -2.26. The molecule has 2 fully saturated rings. The summed E-state index contributed by atoms with van der Waals surface area (Å²) >= 11 is 0. The van der Waals surface area contributed by atoms with Crippen LogP contribution in [-0.4, -0.2) is 47.9 Å². The molecule has 0 saturated carbocycles. The van der Waals surface area contributed by atoms with E-state index in [9.17, 15) is 4.79 Å². The molecule has 2 heterocycles. The van der Waals surface area contributed by atoms with E-state index in [0.29, 0.717) is 17.7 Å². The van der Waals surface area contributed by atoms with Crippen LogP contribution in [0, 0.1) is 17.8 Å². The molecule has 3 aliphatic rings. The van der Waals surface area contributed by atoms with E-state index in [4.69, 9.17) is 0 Å². The molecule has 1 aromatic carbocycles. The van der Waals surface area contributed by atoms with Crippen LogP contribution in [0.4, 0.5) is 0 Å². The Morgan fingerprint density at radius 2 is 1.93 bits per heavy atom. The van der Waals surface area contributed by atoms with E-state index in [1.54, 1.807) is 0 Å². The van der Waals surface area contributed by atoms with Crippen molar-refractivity contribution in [2.45, 2.75) is 58.9 Å². The minimum absolute atomic E-state index is 0.102. The summed E-state index contributed by atoms with van der Waals surface area (Å²) in [6, 6.07) is 10.1. The minimum atomic E-state index is 0.102. The van der Waals surface area contributed by atoms with Gasteiger partial charge in [-0.15, -0.1) is 0 Å². The third-order valence-electron chi connectivity index (χ3n) is 7.21. The van der Waals surface area contributed by atoms with Crippen LogP contribution in [0.1, 0.15) is 57.6 Å². The number of benzene rings is 1. The van der Waals surface area contributed by atoms with Crippen LogP contribution < -0.4 is 0 Å². The number of carbonyl (C=O) groups excluding carboxylic acids is 1. The van der Waals surface area contributed by atoms with E-state index in [2.05, 4.69) is 47.1 Å². The van der Waals surface area contributed by atoms with Crippen LogP contribution in [0.2, 0.25) is 0 Å². The van der Waals surface area contributed by atoms with Crippen molar-refractivity contribution in [2.24, 2.45) is 17.8 Å². The van der Waals surface area contributed by atoms with Gasteiger partial charge < -0.3 is 9.80 Å². The average Bonchev–Trinajstić information content (AvgIpc) is 3.31. The fourth-order valence-electron chi connectivity index (χ4n) is 5.46. The van der Waals surface area contributed by atoms with Gasteiger partial charge in [0.25, 0.3) is 0 Å². The predicted molar refractivity (Wildman–Crippen MR) is 116 cm³/mol. The average molecular weight is 381 g/mol. The van der Waals surface area contributed by atoms with E-state index in [1.807, 2.05) is 13.8 Å². The van der Waals surface area contributed by atoms with Gasteiger partial charge in [0, 0.05) is 37.5 Å². The molecule has 4 rings (SSSR count). The molecule has 1 aromatic rings. The number of fused-ring (bicyclic) bond motifs is 1. The number of amides is 1. The summed E-state index contributed by atoms with van der Waals surface area (Å²) in [5, 5.41) is 0. The quantitative estimate of drug-likeness (QED) is 0.744. The molecule has 0 spiro atoms. The number of nitrogens with zero attached hydrogens (tertiary/aromatic N) is 2. The number of carbonyl (C=O) groups is 1. The molecule has 0 N–H and O–H groups in total. The van der Waals surface area contributed by atoms with Crippen molar-refractivity contribution in [3.8, 4) is 0 Å². The number of likely N-dealkylation sites (tertiary alicyclic amines) is 2. The molecule has 0 bridgehead atoms. The van der Waals surface area contributed by atoms with Crippen molar-refractivity contribution in [1.29, 1.82) is 0 Å². The van der Waals surface area contributed by atoms with Gasteiger partial charge in [-0.3, -0.25) is 4.79 Å². The van der Waals surface area contributed by atoms with E-state index >= 15 is 0 Å². The van der Waals surface area contributed by atoms with Crippen LogP contribution >= 0.6 is 0 Å². The monoisotopic (exact) mass is 380 g/mol. The highest BCUT2D eigenvalue weighted by molar-refractivity contribution is 5.79. The van der Waals surface area contributed by atoms with Crippen LogP contribution in [0.25, 0.3) is 5.57 Å². The lowest BCUT2D eigenvalue weighted by Crippen LogP contribution is -2.32. The molecule has 3 unspecified atom stereocenters. The molecule has 1 aliphatic carbocycles. The molecular formula is C25H36N2O. The van der Waals surface area contributed by atoms with Gasteiger partial charge in [-0.25, -0.2) is 0 Å². The van der Waals surface area contributed by atoms with Crippen LogP contribution in [-0.2, 0) is 11.2 Å². The molecule has 152 valence electrons. The molecule has 2 saturated heterocycles. The molecule has 1 amide bonds. The van der Waals surface area contributed by atoms with E-state index in [-0.39, 0.29) is 5.92 Å². The summed E-state index contributed by atoms with van der Waals surface area (Å²) in [5.74, 6) is 1.58. The zero-order valence-corrected chi connectivity index (χ0v) is 17.9. The highest BCUT2D eigenvalue weighted by atomic mass is 16.2. The van der Waals surface area contributed by atoms with Gasteiger partial charge in [-0.2, -0.15) is 0 Å². The second kappa shape index (κ2) is 8.41. The molecule has 3 nitrogen and oxygen atoms in total. The third kappa shape index (κ3) is 4.05. The Morgan fingerprint density at radius 1 is 1.14 bits per heavy atom. The third-order valence-corrected chi connectivity index (χ3v) is 7.21. The largest absolute Gasteiger partial charge is 0.342 e. The van der Waals surface area contributed by atoms with Crippen LogP contribution in [0.15, 0.2) is 30.3 Å². The normalized spacial score (nSPS) is 27.9. The molecule has 2 aliphatic heterocycles. The molecular weight excluding hydrogens is 344 g/mol. The first-order valence-electron chi connectivity index (χ1n) is 11.3. The molecule has 0 radical (unpaired) electrons. The maximum Gasteiger partial charge on any atom is 0.225 e. The Labute approximate surface area is 170 Å². The highest BCUT2D eigenvalue weighted by Gasteiger charge is 2.39. The summed E-state index contributed by atoms with van der Waals surface area (Å²) < 4.78 is 0. The van der Waals surface area contributed by atoms with E-state index in [0.717, 1.165) is 32.0 Å². The predicted octanol–water partition coefficient (Wildman–Crippen LogP) is 4.62.